The van der Waals surface area contributed by atoms with Gasteiger partial charge in [0.1, 0.15) is 0 Å². The second-order valence-electron chi connectivity index (χ2n) is 2.66. The summed E-state index contributed by atoms with van der Waals surface area (Å²) in [7, 11) is 0. The Morgan fingerprint density at radius 1 is 1.00 bits per heavy atom. The van der Waals surface area contributed by atoms with Crippen molar-refractivity contribution in [3.8, 4) is 0 Å². The third-order valence-corrected chi connectivity index (χ3v) is 1.64. The van der Waals surface area contributed by atoms with E-state index in [0.717, 1.165) is 19.3 Å². The van der Waals surface area contributed by atoms with Gasteiger partial charge in [0.2, 0.25) is 0 Å². The Bertz CT molecular complexity index is 138. The van der Waals surface area contributed by atoms with Gasteiger partial charge in [-0.15, -0.1) is 0 Å². The predicted molar refractivity (Wildman–Crippen MR) is 44.4 cm³/mol. The van der Waals surface area contributed by atoms with Crippen LogP contribution < -0.4 is 0 Å². The van der Waals surface area contributed by atoms with Crippen molar-refractivity contribution in [2.45, 2.75) is 46.0 Å². The third-order valence-electron chi connectivity index (χ3n) is 1.64. The highest BCUT2D eigenvalue weighted by atomic mass is 16.2. The molecule has 0 rings (SSSR count). The molecule has 2 nitrogen and oxygen atoms in total. The molecule has 0 radical (unpaired) electrons. The molecule has 0 heterocycles. The van der Waals surface area contributed by atoms with Crippen LogP contribution in [0.4, 0.5) is 0 Å². The van der Waals surface area contributed by atoms with E-state index in [-0.39, 0.29) is 11.6 Å². The quantitative estimate of drug-likeness (QED) is 0.436. The van der Waals surface area contributed by atoms with Crippen molar-refractivity contribution in [1.82, 2.24) is 0 Å². The highest BCUT2D eigenvalue weighted by Gasteiger charge is 2.09. The summed E-state index contributed by atoms with van der Waals surface area (Å²) >= 11 is 0. The molecule has 0 bridgehead atoms. The van der Waals surface area contributed by atoms with E-state index in [1.165, 1.54) is 0 Å². The summed E-state index contributed by atoms with van der Waals surface area (Å²) in [4.78, 5) is 21.7. The second kappa shape index (κ2) is 6.08. The van der Waals surface area contributed by atoms with Crippen LogP contribution in [0.1, 0.15) is 46.0 Å². The van der Waals surface area contributed by atoms with E-state index < -0.39 is 0 Å². The van der Waals surface area contributed by atoms with Crippen molar-refractivity contribution < 1.29 is 9.59 Å². The topological polar surface area (TPSA) is 34.1 Å². The smallest absolute Gasteiger partial charge is 0.198 e. The summed E-state index contributed by atoms with van der Waals surface area (Å²) < 4.78 is 0. The van der Waals surface area contributed by atoms with Gasteiger partial charge in [-0.3, -0.25) is 9.59 Å². The molecule has 0 aromatic carbocycles. The van der Waals surface area contributed by atoms with Gasteiger partial charge in [0.15, 0.2) is 11.6 Å². The summed E-state index contributed by atoms with van der Waals surface area (Å²) in [5, 5.41) is 0. The van der Waals surface area contributed by atoms with Gasteiger partial charge >= 0.3 is 0 Å². The minimum absolute atomic E-state index is 0.194. The van der Waals surface area contributed by atoms with E-state index in [1.807, 2.05) is 0 Å². The lowest BCUT2D eigenvalue weighted by Gasteiger charge is -1.95. The molecule has 0 N–H and O–H groups in total. The molecule has 0 aliphatic rings. The molecule has 64 valence electrons. The van der Waals surface area contributed by atoms with Crippen molar-refractivity contribution in [2.75, 3.05) is 0 Å². The van der Waals surface area contributed by atoms with Gasteiger partial charge in [0, 0.05) is 12.8 Å². The zero-order valence-electron chi connectivity index (χ0n) is 7.35. The second-order valence-corrected chi connectivity index (χ2v) is 2.66. The first-order chi connectivity index (χ1) is 5.22. The van der Waals surface area contributed by atoms with Gasteiger partial charge in [-0.1, -0.05) is 26.7 Å². The number of carbonyl (C=O) groups is 2. The average Bonchev–Trinajstić information content (AvgIpc) is 2.03. The zero-order chi connectivity index (χ0) is 8.69. The van der Waals surface area contributed by atoms with Crippen LogP contribution in [0.25, 0.3) is 0 Å². The standard InChI is InChI=1S/C9H16O2/c1-3-5-6-7-9(11)8(10)4-2/h3-7H2,1-2H3. The number of hydrogen-bond donors (Lipinski definition) is 0. The van der Waals surface area contributed by atoms with Crippen LogP contribution in [-0.4, -0.2) is 11.6 Å². The van der Waals surface area contributed by atoms with Gasteiger partial charge in [-0.05, 0) is 6.42 Å². The fourth-order valence-corrected chi connectivity index (χ4v) is 0.872. The minimum Gasteiger partial charge on any atom is -0.291 e. The highest BCUT2D eigenvalue weighted by molar-refractivity contribution is 6.37. The fourth-order valence-electron chi connectivity index (χ4n) is 0.872. The van der Waals surface area contributed by atoms with E-state index in [2.05, 4.69) is 6.92 Å². The fraction of sp³-hybridized carbons (Fsp3) is 0.778. The lowest BCUT2D eigenvalue weighted by molar-refractivity contribution is -0.136. The molecule has 0 aliphatic carbocycles. The van der Waals surface area contributed by atoms with Crippen molar-refractivity contribution in [1.29, 1.82) is 0 Å². The normalized spacial score (nSPS) is 9.64. The van der Waals surface area contributed by atoms with Crippen LogP contribution in [-0.2, 0) is 9.59 Å². The van der Waals surface area contributed by atoms with Crippen LogP contribution in [0, 0.1) is 0 Å². The van der Waals surface area contributed by atoms with Crippen LogP contribution >= 0.6 is 0 Å². The molecular weight excluding hydrogens is 140 g/mol. The Morgan fingerprint density at radius 3 is 2.09 bits per heavy atom. The molecule has 2 heteroatoms. The van der Waals surface area contributed by atoms with Crippen LogP contribution in [0.2, 0.25) is 0 Å². The van der Waals surface area contributed by atoms with Crippen LogP contribution in [0.15, 0.2) is 0 Å². The molecule has 0 aliphatic heterocycles. The van der Waals surface area contributed by atoms with Gasteiger partial charge < -0.3 is 0 Å². The molecular formula is C9H16O2. The number of hydrogen-bond acceptors (Lipinski definition) is 2. The van der Waals surface area contributed by atoms with Gasteiger partial charge in [-0.25, -0.2) is 0 Å². The first-order valence-electron chi connectivity index (χ1n) is 4.28. The summed E-state index contributed by atoms with van der Waals surface area (Å²) in [6.45, 7) is 3.80. The molecule has 0 spiro atoms. The van der Waals surface area contributed by atoms with Crippen molar-refractivity contribution >= 4 is 11.6 Å². The highest BCUT2D eigenvalue weighted by Crippen LogP contribution is 2.00. The van der Waals surface area contributed by atoms with E-state index >= 15 is 0 Å². The molecule has 0 aromatic heterocycles. The van der Waals surface area contributed by atoms with Crippen LogP contribution in [0.3, 0.4) is 0 Å². The Balaban J connectivity index is 3.44. The number of unbranched alkanes of at least 4 members (excludes halogenated alkanes) is 2. The van der Waals surface area contributed by atoms with Crippen molar-refractivity contribution in [3.63, 3.8) is 0 Å². The number of Topliss-reactive ketones (excluding diaryl/α,β-unsaturated/α-hetero) is 2. The summed E-state index contributed by atoms with van der Waals surface area (Å²) in [5.74, 6) is -0.415. The molecule has 0 saturated heterocycles. The first-order valence-corrected chi connectivity index (χ1v) is 4.28. The van der Waals surface area contributed by atoms with Crippen molar-refractivity contribution in [2.24, 2.45) is 0 Å². The Labute approximate surface area is 68.0 Å². The number of ketones is 2. The third kappa shape index (κ3) is 4.71. The summed E-state index contributed by atoms with van der Waals surface area (Å²) in [6, 6.07) is 0. The van der Waals surface area contributed by atoms with E-state index in [9.17, 15) is 9.59 Å². The number of carbonyl (C=O) groups excluding carboxylic acids is 2. The van der Waals surface area contributed by atoms with Gasteiger partial charge in [-0.2, -0.15) is 0 Å². The molecule has 0 aromatic rings. The molecule has 0 atom stereocenters. The molecule has 0 amide bonds. The largest absolute Gasteiger partial charge is 0.291 e. The van der Waals surface area contributed by atoms with Gasteiger partial charge in [0.05, 0.1) is 0 Å². The first kappa shape index (κ1) is 10.3. The van der Waals surface area contributed by atoms with E-state index in [0.29, 0.717) is 12.8 Å². The maximum Gasteiger partial charge on any atom is 0.198 e. The molecule has 0 fully saturated rings. The number of rotatable bonds is 6. The zero-order valence-corrected chi connectivity index (χ0v) is 7.35. The maximum absolute atomic E-state index is 10.9. The molecule has 11 heavy (non-hydrogen) atoms. The van der Waals surface area contributed by atoms with Gasteiger partial charge in [0.25, 0.3) is 0 Å². The van der Waals surface area contributed by atoms with Crippen molar-refractivity contribution in [3.05, 3.63) is 0 Å². The monoisotopic (exact) mass is 156 g/mol. The lowest BCUT2D eigenvalue weighted by Crippen LogP contribution is -2.11. The van der Waals surface area contributed by atoms with Crippen LogP contribution in [0.5, 0.6) is 0 Å². The lowest BCUT2D eigenvalue weighted by atomic mass is 10.1. The summed E-state index contributed by atoms with van der Waals surface area (Å²) in [6.07, 6.45) is 3.79. The molecule has 0 unspecified atom stereocenters. The maximum atomic E-state index is 10.9. The minimum atomic E-state index is -0.221. The Kier molecular flexibility index (Phi) is 5.71. The SMILES string of the molecule is CCCCCC(=O)C(=O)CC. The van der Waals surface area contributed by atoms with E-state index in [1.54, 1.807) is 6.92 Å². The Hall–Kier alpha value is -0.660. The average molecular weight is 156 g/mol. The molecule has 0 saturated carbocycles. The van der Waals surface area contributed by atoms with E-state index in [4.69, 9.17) is 0 Å². The summed E-state index contributed by atoms with van der Waals surface area (Å²) in [5.41, 5.74) is 0. The predicted octanol–water partition coefficient (Wildman–Crippen LogP) is 2.11. The Morgan fingerprint density at radius 2 is 1.64 bits per heavy atom.